The molecule has 2 aliphatic rings. The van der Waals surface area contributed by atoms with Crippen LogP contribution in [0, 0.1) is 0 Å². The fourth-order valence-corrected chi connectivity index (χ4v) is 4.88. The van der Waals surface area contributed by atoms with Gasteiger partial charge in [-0.05, 0) is 61.2 Å². The van der Waals surface area contributed by atoms with Crippen LogP contribution in [0.4, 0.5) is 0 Å². The Morgan fingerprint density at radius 1 is 1.11 bits per heavy atom. The van der Waals surface area contributed by atoms with Crippen LogP contribution in [0.1, 0.15) is 62.3 Å². The Morgan fingerprint density at radius 3 is 2.72 bits per heavy atom. The van der Waals surface area contributed by atoms with Crippen LogP contribution in [0.5, 0.6) is 11.5 Å². The van der Waals surface area contributed by atoms with E-state index in [1.54, 1.807) is 13.2 Å². The molecule has 2 unspecified atom stereocenters. The summed E-state index contributed by atoms with van der Waals surface area (Å²) in [7, 11) is 1.60. The van der Waals surface area contributed by atoms with E-state index in [0.717, 1.165) is 42.6 Å². The molecule has 2 heterocycles. The average molecular weight is 494 g/mol. The van der Waals surface area contributed by atoms with Crippen molar-refractivity contribution < 1.29 is 28.9 Å². The van der Waals surface area contributed by atoms with Crippen LogP contribution in [0.25, 0.3) is 5.76 Å². The number of hydrogen-bond acceptors (Lipinski definition) is 6. The van der Waals surface area contributed by atoms with Gasteiger partial charge in [-0.15, -0.1) is 0 Å². The van der Waals surface area contributed by atoms with Gasteiger partial charge in [0, 0.05) is 32.2 Å². The van der Waals surface area contributed by atoms with Crippen LogP contribution in [0.15, 0.2) is 48.0 Å². The third kappa shape index (κ3) is 5.41. The number of benzene rings is 2. The summed E-state index contributed by atoms with van der Waals surface area (Å²) in [6, 6.07) is 12.1. The van der Waals surface area contributed by atoms with E-state index in [4.69, 9.17) is 14.2 Å². The molecule has 1 saturated heterocycles. The SMILES string of the molecule is CCCCCOc1cccc(C2/C(=C(/O)c3ccc4c(c3)CC(C)O4)C(=O)C(=O)N2CCCOC)c1. The topological polar surface area (TPSA) is 85.3 Å². The molecule has 36 heavy (non-hydrogen) atoms. The molecule has 1 N–H and O–H groups in total. The highest BCUT2D eigenvalue weighted by Gasteiger charge is 2.46. The first-order valence-electron chi connectivity index (χ1n) is 12.7. The molecular formula is C29H35NO6. The molecule has 2 aromatic carbocycles. The maximum atomic E-state index is 13.3. The Bertz CT molecular complexity index is 1140. The molecule has 192 valence electrons. The largest absolute Gasteiger partial charge is 0.507 e. The smallest absolute Gasteiger partial charge is 0.295 e. The molecule has 1 fully saturated rings. The number of fused-ring (bicyclic) bond motifs is 1. The van der Waals surface area contributed by atoms with E-state index in [1.807, 2.05) is 43.3 Å². The van der Waals surface area contributed by atoms with Crippen LogP contribution < -0.4 is 9.47 Å². The van der Waals surface area contributed by atoms with E-state index >= 15 is 0 Å². The number of likely N-dealkylation sites (tertiary alicyclic amines) is 1. The maximum absolute atomic E-state index is 13.3. The first kappa shape index (κ1) is 25.8. The van der Waals surface area contributed by atoms with Gasteiger partial charge < -0.3 is 24.2 Å². The van der Waals surface area contributed by atoms with Crippen LogP contribution >= 0.6 is 0 Å². The van der Waals surface area contributed by atoms with Gasteiger partial charge >= 0.3 is 0 Å². The van der Waals surface area contributed by atoms with Crippen molar-refractivity contribution in [3.63, 3.8) is 0 Å². The van der Waals surface area contributed by atoms with Gasteiger partial charge in [-0.2, -0.15) is 0 Å². The van der Waals surface area contributed by atoms with Gasteiger partial charge in [-0.25, -0.2) is 0 Å². The van der Waals surface area contributed by atoms with E-state index in [9.17, 15) is 14.7 Å². The normalized spacial score (nSPS) is 20.5. The molecule has 0 aliphatic carbocycles. The highest BCUT2D eigenvalue weighted by molar-refractivity contribution is 6.46. The van der Waals surface area contributed by atoms with Gasteiger partial charge in [-0.3, -0.25) is 9.59 Å². The minimum atomic E-state index is -0.718. The number of aliphatic hydroxyl groups excluding tert-OH is 1. The number of Topliss-reactive ketones (excluding diaryl/α,β-unsaturated/α-hetero) is 1. The maximum Gasteiger partial charge on any atom is 0.295 e. The van der Waals surface area contributed by atoms with E-state index in [2.05, 4.69) is 6.92 Å². The third-order valence-electron chi connectivity index (χ3n) is 6.65. The first-order valence-corrected chi connectivity index (χ1v) is 12.7. The Morgan fingerprint density at radius 2 is 1.94 bits per heavy atom. The zero-order valence-corrected chi connectivity index (χ0v) is 21.3. The van der Waals surface area contributed by atoms with E-state index in [-0.39, 0.29) is 17.4 Å². The summed E-state index contributed by atoms with van der Waals surface area (Å²) in [6.45, 7) is 5.52. The van der Waals surface area contributed by atoms with Crippen molar-refractivity contribution in [2.24, 2.45) is 0 Å². The van der Waals surface area contributed by atoms with Crippen LogP contribution in [0.3, 0.4) is 0 Å². The summed E-state index contributed by atoms with van der Waals surface area (Å²) in [4.78, 5) is 27.9. The van der Waals surface area contributed by atoms with Gasteiger partial charge in [0.25, 0.3) is 11.7 Å². The molecular weight excluding hydrogens is 458 g/mol. The Hall–Kier alpha value is -3.32. The number of ketones is 1. The Balaban J connectivity index is 1.72. The third-order valence-corrected chi connectivity index (χ3v) is 6.65. The highest BCUT2D eigenvalue weighted by Crippen LogP contribution is 2.41. The number of amides is 1. The Kier molecular flexibility index (Phi) is 8.31. The highest BCUT2D eigenvalue weighted by atomic mass is 16.5. The number of unbranched alkanes of at least 4 members (excludes halogenated alkanes) is 2. The molecule has 7 heteroatoms. The van der Waals surface area contributed by atoms with Gasteiger partial charge in [0.05, 0.1) is 18.2 Å². The summed E-state index contributed by atoms with van der Waals surface area (Å²) < 4.78 is 16.9. The number of hydrogen-bond donors (Lipinski definition) is 1. The lowest BCUT2D eigenvalue weighted by atomic mass is 9.94. The second-order valence-corrected chi connectivity index (χ2v) is 9.42. The van der Waals surface area contributed by atoms with Gasteiger partial charge in [0.2, 0.25) is 0 Å². The molecule has 2 atom stereocenters. The summed E-state index contributed by atoms with van der Waals surface area (Å²) in [5.41, 5.74) is 2.28. The molecule has 0 saturated carbocycles. The number of carbonyl (C=O) groups is 2. The zero-order chi connectivity index (χ0) is 25.7. The lowest BCUT2D eigenvalue weighted by Gasteiger charge is -2.25. The molecule has 0 radical (unpaired) electrons. The van der Waals surface area contributed by atoms with Crippen LogP contribution in [-0.4, -0.2) is 54.7 Å². The molecule has 2 aromatic rings. The van der Waals surface area contributed by atoms with E-state index in [1.165, 1.54) is 4.90 Å². The lowest BCUT2D eigenvalue weighted by molar-refractivity contribution is -0.140. The molecule has 2 aliphatic heterocycles. The predicted molar refractivity (Wildman–Crippen MR) is 137 cm³/mol. The van der Waals surface area contributed by atoms with Crippen LogP contribution in [0.2, 0.25) is 0 Å². The predicted octanol–water partition coefficient (Wildman–Crippen LogP) is 5.04. The van der Waals surface area contributed by atoms with Crippen molar-refractivity contribution in [1.29, 1.82) is 0 Å². The molecule has 7 nitrogen and oxygen atoms in total. The van der Waals surface area contributed by atoms with E-state index < -0.39 is 17.7 Å². The number of rotatable bonds is 11. The number of aliphatic hydroxyl groups is 1. The summed E-state index contributed by atoms with van der Waals surface area (Å²) in [5, 5.41) is 11.4. The minimum absolute atomic E-state index is 0.0591. The van der Waals surface area contributed by atoms with Gasteiger partial charge in [0.15, 0.2) is 0 Å². The van der Waals surface area contributed by atoms with Crippen molar-refractivity contribution in [3.8, 4) is 11.5 Å². The summed E-state index contributed by atoms with van der Waals surface area (Å²) >= 11 is 0. The fourth-order valence-electron chi connectivity index (χ4n) is 4.88. The van der Waals surface area contributed by atoms with Gasteiger partial charge in [0.1, 0.15) is 23.4 Å². The first-order chi connectivity index (χ1) is 17.4. The molecule has 0 aromatic heterocycles. The summed E-state index contributed by atoms with van der Waals surface area (Å²) in [6.07, 6.45) is 4.50. The molecule has 0 bridgehead atoms. The average Bonchev–Trinajstić information content (AvgIpc) is 3.37. The second-order valence-electron chi connectivity index (χ2n) is 9.42. The fraction of sp³-hybridized carbons (Fsp3) is 0.448. The van der Waals surface area contributed by atoms with Crippen molar-refractivity contribution >= 4 is 17.4 Å². The van der Waals surface area contributed by atoms with Crippen molar-refractivity contribution in [2.45, 2.75) is 58.1 Å². The number of carbonyl (C=O) groups excluding carboxylic acids is 2. The lowest BCUT2D eigenvalue weighted by Crippen LogP contribution is -2.31. The standard InChI is InChI=1S/C29H35NO6/c1-4-5-6-15-35-23-10-7-9-20(18-23)26-25(28(32)29(33)30(26)13-8-14-34-3)27(31)21-11-12-24-22(17-21)16-19(2)36-24/h7,9-12,17-19,26,31H,4-6,8,13-16H2,1-3H3/b27-25-. The van der Waals surface area contributed by atoms with Crippen molar-refractivity contribution in [2.75, 3.05) is 26.9 Å². The molecule has 4 rings (SSSR count). The Labute approximate surface area is 212 Å². The van der Waals surface area contributed by atoms with Crippen LogP contribution in [-0.2, 0) is 20.7 Å². The number of methoxy groups -OCH3 is 1. The molecule has 1 amide bonds. The quantitative estimate of drug-likeness (QED) is 0.204. The number of nitrogens with zero attached hydrogens (tertiary/aromatic N) is 1. The number of ether oxygens (including phenoxy) is 3. The monoisotopic (exact) mass is 493 g/mol. The van der Waals surface area contributed by atoms with Crippen molar-refractivity contribution in [1.82, 2.24) is 4.90 Å². The minimum Gasteiger partial charge on any atom is -0.507 e. The van der Waals surface area contributed by atoms with Crippen molar-refractivity contribution in [3.05, 3.63) is 64.7 Å². The second kappa shape index (κ2) is 11.6. The summed E-state index contributed by atoms with van der Waals surface area (Å²) in [5.74, 6) is -0.0261. The zero-order valence-electron chi connectivity index (χ0n) is 21.3. The molecule has 0 spiro atoms. The van der Waals surface area contributed by atoms with E-state index in [0.29, 0.717) is 37.5 Å². The van der Waals surface area contributed by atoms with Gasteiger partial charge in [-0.1, -0.05) is 31.9 Å².